The molecule has 23 heavy (non-hydrogen) atoms. The van der Waals surface area contributed by atoms with Crippen LogP contribution in [-0.2, 0) is 4.79 Å². The van der Waals surface area contributed by atoms with Crippen LogP contribution >= 0.6 is 22.6 Å². The Morgan fingerprint density at radius 1 is 1.17 bits per heavy atom. The predicted molar refractivity (Wildman–Crippen MR) is 101 cm³/mol. The van der Waals surface area contributed by atoms with Gasteiger partial charge >= 0.3 is 0 Å². The van der Waals surface area contributed by atoms with Crippen molar-refractivity contribution in [2.24, 2.45) is 0 Å². The fraction of sp³-hybridized carbons (Fsp3) is 0.333. The Balaban J connectivity index is 1.56. The van der Waals surface area contributed by atoms with Gasteiger partial charge in [-0.15, -0.1) is 0 Å². The number of nitrogens with one attached hydrogen (secondary N) is 1. The molecule has 122 valence electrons. The first-order valence-electron chi connectivity index (χ1n) is 7.74. The van der Waals surface area contributed by atoms with Gasteiger partial charge in [0.05, 0.1) is 6.61 Å². The maximum absolute atomic E-state index is 11.8. The van der Waals surface area contributed by atoms with Crippen molar-refractivity contribution in [1.82, 2.24) is 4.98 Å². The molecule has 1 aromatic heterocycles. The van der Waals surface area contributed by atoms with E-state index in [-0.39, 0.29) is 5.91 Å². The molecule has 2 rings (SSSR count). The van der Waals surface area contributed by atoms with Crippen LogP contribution in [0.2, 0.25) is 0 Å². The fourth-order valence-corrected chi connectivity index (χ4v) is 2.49. The summed E-state index contributed by atoms with van der Waals surface area (Å²) in [5.41, 5.74) is 1.71. The van der Waals surface area contributed by atoms with E-state index < -0.39 is 0 Å². The lowest BCUT2D eigenvalue weighted by Crippen LogP contribution is -2.11. The zero-order valence-corrected chi connectivity index (χ0v) is 15.4. The topological polar surface area (TPSA) is 51.2 Å². The van der Waals surface area contributed by atoms with E-state index in [1.807, 2.05) is 37.3 Å². The highest BCUT2D eigenvalue weighted by Gasteiger charge is 2.03. The molecule has 0 saturated carbocycles. The number of carbonyl (C=O) groups excluding carboxylic acids is 1. The SMILES string of the molecule is Cc1cc(NC(=O)CCCCCOc2ccc(I)cc2)ccn1. The number of benzene rings is 1. The number of ether oxygens (including phenoxy) is 1. The lowest BCUT2D eigenvalue weighted by Gasteiger charge is -2.07. The average Bonchev–Trinajstić information content (AvgIpc) is 2.52. The van der Waals surface area contributed by atoms with Gasteiger partial charge < -0.3 is 10.1 Å². The molecule has 1 aromatic carbocycles. The van der Waals surface area contributed by atoms with Crippen LogP contribution in [0, 0.1) is 10.5 Å². The van der Waals surface area contributed by atoms with Gasteiger partial charge in [0.1, 0.15) is 5.75 Å². The Labute approximate surface area is 150 Å². The molecule has 1 heterocycles. The summed E-state index contributed by atoms with van der Waals surface area (Å²) in [5, 5.41) is 2.89. The Kier molecular flexibility index (Phi) is 7.32. The molecule has 0 aliphatic carbocycles. The molecule has 1 amide bonds. The summed E-state index contributed by atoms with van der Waals surface area (Å²) in [6.07, 6.45) is 5.03. The van der Waals surface area contributed by atoms with E-state index in [2.05, 4.69) is 32.9 Å². The molecule has 2 aromatic rings. The highest BCUT2D eigenvalue weighted by atomic mass is 127. The number of aryl methyl sites for hydroxylation is 1. The monoisotopic (exact) mass is 424 g/mol. The van der Waals surface area contributed by atoms with Crippen LogP contribution in [0.25, 0.3) is 0 Å². The van der Waals surface area contributed by atoms with Gasteiger partial charge in [0.15, 0.2) is 0 Å². The Morgan fingerprint density at radius 2 is 1.96 bits per heavy atom. The number of hydrogen-bond acceptors (Lipinski definition) is 3. The van der Waals surface area contributed by atoms with Gasteiger partial charge in [0.25, 0.3) is 0 Å². The number of aromatic nitrogens is 1. The zero-order valence-electron chi connectivity index (χ0n) is 13.2. The number of halogens is 1. The van der Waals surface area contributed by atoms with Gasteiger partial charge in [-0.25, -0.2) is 0 Å². The largest absolute Gasteiger partial charge is 0.494 e. The van der Waals surface area contributed by atoms with Crippen molar-refractivity contribution in [2.45, 2.75) is 32.6 Å². The van der Waals surface area contributed by atoms with Gasteiger partial charge in [-0.05, 0) is 85.2 Å². The number of rotatable bonds is 8. The smallest absolute Gasteiger partial charge is 0.224 e. The highest BCUT2D eigenvalue weighted by Crippen LogP contribution is 2.14. The minimum Gasteiger partial charge on any atom is -0.494 e. The quantitative estimate of drug-likeness (QED) is 0.499. The standard InChI is InChI=1S/C18H21IN2O2/c1-14-13-16(10-11-20-14)21-18(22)5-3-2-4-12-23-17-8-6-15(19)7-9-17/h6-11,13H,2-5,12H2,1H3,(H,20,21,22). The van der Waals surface area contributed by atoms with Gasteiger partial charge in [-0.1, -0.05) is 0 Å². The lowest BCUT2D eigenvalue weighted by molar-refractivity contribution is -0.116. The van der Waals surface area contributed by atoms with Gasteiger partial charge in [-0.2, -0.15) is 0 Å². The Bertz CT molecular complexity index is 629. The van der Waals surface area contributed by atoms with E-state index in [4.69, 9.17) is 4.74 Å². The van der Waals surface area contributed by atoms with Crippen LogP contribution in [0.5, 0.6) is 5.75 Å². The molecule has 0 saturated heterocycles. The third kappa shape index (κ3) is 6.99. The second kappa shape index (κ2) is 9.50. The Morgan fingerprint density at radius 3 is 2.70 bits per heavy atom. The third-order valence-electron chi connectivity index (χ3n) is 3.31. The minimum atomic E-state index is 0.0501. The van der Waals surface area contributed by atoms with Crippen LogP contribution in [0.1, 0.15) is 31.4 Å². The number of amides is 1. The van der Waals surface area contributed by atoms with E-state index in [1.54, 1.807) is 12.3 Å². The van der Waals surface area contributed by atoms with Crippen molar-refractivity contribution in [3.63, 3.8) is 0 Å². The van der Waals surface area contributed by atoms with E-state index in [0.717, 1.165) is 36.4 Å². The molecule has 4 nitrogen and oxygen atoms in total. The number of unbranched alkanes of at least 4 members (excludes halogenated alkanes) is 2. The normalized spacial score (nSPS) is 10.3. The van der Waals surface area contributed by atoms with Crippen LogP contribution in [0.3, 0.4) is 0 Å². The first-order chi connectivity index (χ1) is 11.1. The molecule has 0 aliphatic heterocycles. The zero-order chi connectivity index (χ0) is 16.5. The number of pyridine rings is 1. The summed E-state index contributed by atoms with van der Waals surface area (Å²) >= 11 is 2.27. The number of hydrogen-bond donors (Lipinski definition) is 1. The first kappa shape index (κ1) is 17.7. The number of anilines is 1. The van der Waals surface area contributed by atoms with Crippen LogP contribution in [-0.4, -0.2) is 17.5 Å². The predicted octanol–water partition coefficient (Wildman–Crippen LogP) is 4.57. The van der Waals surface area contributed by atoms with E-state index >= 15 is 0 Å². The summed E-state index contributed by atoms with van der Waals surface area (Å²) in [5.74, 6) is 0.949. The summed E-state index contributed by atoms with van der Waals surface area (Å²) in [7, 11) is 0. The molecule has 0 unspecified atom stereocenters. The van der Waals surface area contributed by atoms with Crippen molar-refractivity contribution in [3.05, 3.63) is 51.9 Å². The molecule has 0 radical (unpaired) electrons. The van der Waals surface area contributed by atoms with Crippen molar-refractivity contribution < 1.29 is 9.53 Å². The molecule has 1 N–H and O–H groups in total. The van der Waals surface area contributed by atoms with E-state index in [9.17, 15) is 4.79 Å². The minimum absolute atomic E-state index is 0.0501. The van der Waals surface area contributed by atoms with Crippen molar-refractivity contribution in [3.8, 4) is 5.75 Å². The molecule has 0 bridgehead atoms. The second-order valence-corrected chi connectivity index (χ2v) is 6.59. The van der Waals surface area contributed by atoms with Crippen LogP contribution < -0.4 is 10.1 Å². The molecule has 0 aliphatic rings. The molecular formula is C18H21IN2O2. The van der Waals surface area contributed by atoms with E-state index in [1.165, 1.54) is 3.57 Å². The molecule has 0 spiro atoms. The second-order valence-electron chi connectivity index (χ2n) is 5.35. The Hall–Kier alpha value is -1.63. The van der Waals surface area contributed by atoms with Crippen LogP contribution in [0.15, 0.2) is 42.6 Å². The number of carbonyl (C=O) groups is 1. The van der Waals surface area contributed by atoms with Gasteiger partial charge in [-0.3, -0.25) is 9.78 Å². The lowest BCUT2D eigenvalue weighted by atomic mass is 10.2. The summed E-state index contributed by atoms with van der Waals surface area (Å²) < 4.78 is 6.87. The van der Waals surface area contributed by atoms with Crippen molar-refractivity contribution >= 4 is 34.2 Å². The maximum atomic E-state index is 11.8. The average molecular weight is 424 g/mol. The van der Waals surface area contributed by atoms with Crippen LogP contribution in [0.4, 0.5) is 5.69 Å². The van der Waals surface area contributed by atoms with Crippen molar-refractivity contribution in [2.75, 3.05) is 11.9 Å². The summed E-state index contributed by atoms with van der Waals surface area (Å²) in [4.78, 5) is 16.0. The summed E-state index contributed by atoms with van der Waals surface area (Å²) in [6.45, 7) is 2.59. The third-order valence-corrected chi connectivity index (χ3v) is 4.03. The molecular weight excluding hydrogens is 403 g/mol. The number of nitrogens with zero attached hydrogens (tertiary/aromatic N) is 1. The molecule has 0 fully saturated rings. The van der Waals surface area contributed by atoms with E-state index in [0.29, 0.717) is 13.0 Å². The molecule has 5 heteroatoms. The highest BCUT2D eigenvalue weighted by molar-refractivity contribution is 14.1. The summed E-state index contributed by atoms with van der Waals surface area (Å²) in [6, 6.07) is 11.7. The van der Waals surface area contributed by atoms with Gasteiger partial charge in [0, 0.05) is 27.6 Å². The molecule has 0 atom stereocenters. The first-order valence-corrected chi connectivity index (χ1v) is 8.82. The maximum Gasteiger partial charge on any atom is 0.224 e. The fourth-order valence-electron chi connectivity index (χ4n) is 2.13. The van der Waals surface area contributed by atoms with Gasteiger partial charge in [0.2, 0.25) is 5.91 Å². The van der Waals surface area contributed by atoms with Crippen molar-refractivity contribution in [1.29, 1.82) is 0 Å².